The van der Waals surface area contributed by atoms with E-state index < -0.39 is 0 Å². The fourth-order valence-corrected chi connectivity index (χ4v) is 2.57. The van der Waals surface area contributed by atoms with Gasteiger partial charge in [0.05, 0.1) is 5.69 Å². The van der Waals surface area contributed by atoms with Crippen LogP contribution in [-0.2, 0) is 13.5 Å². The van der Waals surface area contributed by atoms with Crippen LogP contribution in [0.4, 0.5) is 11.5 Å². The largest absolute Gasteiger partial charge is 0.379 e. The first-order valence-electron chi connectivity index (χ1n) is 6.68. The Hall–Kier alpha value is -1.19. The van der Waals surface area contributed by atoms with Gasteiger partial charge in [-0.1, -0.05) is 27.2 Å². The molecule has 4 heteroatoms. The third kappa shape index (κ3) is 2.40. The second-order valence-corrected chi connectivity index (χ2v) is 5.29. The molecular weight excluding hydrogens is 212 g/mol. The van der Waals surface area contributed by atoms with Crippen molar-refractivity contribution in [2.45, 2.75) is 33.6 Å². The van der Waals surface area contributed by atoms with E-state index in [2.05, 4.69) is 43.1 Å². The van der Waals surface area contributed by atoms with Gasteiger partial charge in [0.15, 0.2) is 5.82 Å². The Kier molecular flexibility index (Phi) is 3.60. The molecule has 1 aliphatic heterocycles. The molecule has 0 bridgehead atoms. The van der Waals surface area contributed by atoms with Crippen LogP contribution >= 0.6 is 0 Å². The summed E-state index contributed by atoms with van der Waals surface area (Å²) >= 11 is 0. The lowest BCUT2D eigenvalue weighted by Crippen LogP contribution is -2.37. The molecule has 1 aromatic heterocycles. The van der Waals surface area contributed by atoms with Crippen LogP contribution in [0.15, 0.2) is 0 Å². The molecule has 4 nitrogen and oxygen atoms in total. The normalized spacial score (nSPS) is 15.0. The highest BCUT2D eigenvalue weighted by Crippen LogP contribution is 2.32. The van der Waals surface area contributed by atoms with Crippen LogP contribution in [0, 0.1) is 5.92 Å². The lowest BCUT2D eigenvalue weighted by Gasteiger charge is -2.31. The van der Waals surface area contributed by atoms with Crippen LogP contribution in [0.2, 0.25) is 0 Å². The number of hydrogen-bond acceptors (Lipinski definition) is 3. The monoisotopic (exact) mass is 236 g/mol. The van der Waals surface area contributed by atoms with Crippen molar-refractivity contribution in [3.63, 3.8) is 0 Å². The zero-order valence-corrected chi connectivity index (χ0v) is 11.5. The van der Waals surface area contributed by atoms with Crippen molar-refractivity contribution in [1.82, 2.24) is 9.78 Å². The van der Waals surface area contributed by atoms with Gasteiger partial charge in [-0.3, -0.25) is 4.68 Å². The summed E-state index contributed by atoms with van der Waals surface area (Å²) in [6.07, 6.45) is 2.21. The summed E-state index contributed by atoms with van der Waals surface area (Å²) in [4.78, 5) is 2.46. The summed E-state index contributed by atoms with van der Waals surface area (Å²) < 4.78 is 2.04. The van der Waals surface area contributed by atoms with E-state index in [0.29, 0.717) is 5.92 Å². The smallest absolute Gasteiger partial charge is 0.150 e. The first-order chi connectivity index (χ1) is 8.13. The highest BCUT2D eigenvalue weighted by molar-refractivity contribution is 5.71. The van der Waals surface area contributed by atoms with E-state index in [1.807, 2.05) is 4.68 Å². The van der Waals surface area contributed by atoms with Crippen molar-refractivity contribution in [2.75, 3.05) is 29.9 Å². The van der Waals surface area contributed by atoms with E-state index in [1.54, 1.807) is 0 Å². The molecule has 0 radical (unpaired) electrons. The van der Waals surface area contributed by atoms with Crippen molar-refractivity contribution in [2.24, 2.45) is 13.0 Å². The highest BCUT2D eigenvalue weighted by atomic mass is 15.4. The zero-order chi connectivity index (χ0) is 12.4. The van der Waals surface area contributed by atoms with E-state index in [-0.39, 0.29) is 0 Å². The highest BCUT2D eigenvalue weighted by Gasteiger charge is 2.24. The Labute approximate surface area is 104 Å². The molecule has 2 heterocycles. The molecule has 0 saturated carbocycles. The number of aryl methyl sites for hydroxylation is 2. The van der Waals surface area contributed by atoms with Crippen LogP contribution in [0.3, 0.4) is 0 Å². The number of rotatable bonds is 4. The Morgan fingerprint density at radius 1 is 1.41 bits per heavy atom. The van der Waals surface area contributed by atoms with Gasteiger partial charge in [0.1, 0.15) is 5.69 Å². The second kappa shape index (κ2) is 4.98. The maximum Gasteiger partial charge on any atom is 0.150 e. The molecule has 17 heavy (non-hydrogen) atoms. The fraction of sp³-hybridized carbons (Fsp3) is 0.769. The van der Waals surface area contributed by atoms with Gasteiger partial charge in [0.2, 0.25) is 0 Å². The van der Waals surface area contributed by atoms with Gasteiger partial charge in [0.25, 0.3) is 0 Å². The molecule has 0 spiro atoms. The van der Waals surface area contributed by atoms with Crippen molar-refractivity contribution in [3.05, 3.63) is 5.69 Å². The molecule has 2 rings (SSSR count). The topological polar surface area (TPSA) is 33.1 Å². The van der Waals surface area contributed by atoms with Gasteiger partial charge < -0.3 is 10.2 Å². The van der Waals surface area contributed by atoms with Gasteiger partial charge in [-0.05, 0) is 12.3 Å². The standard InChI is InChI=1S/C13H24N4/c1-5-6-11-12-13(16(4)15-11)17(8-7-14-12)9-10(2)3/h10,14H,5-9H2,1-4H3. The van der Waals surface area contributed by atoms with Crippen LogP contribution < -0.4 is 10.2 Å². The first-order valence-corrected chi connectivity index (χ1v) is 6.68. The minimum atomic E-state index is 0.686. The minimum absolute atomic E-state index is 0.686. The van der Waals surface area contributed by atoms with Gasteiger partial charge >= 0.3 is 0 Å². The van der Waals surface area contributed by atoms with Crippen LogP contribution in [-0.4, -0.2) is 29.4 Å². The van der Waals surface area contributed by atoms with Gasteiger partial charge in [-0.2, -0.15) is 5.10 Å². The lowest BCUT2D eigenvalue weighted by molar-refractivity contribution is 0.591. The molecule has 0 aromatic carbocycles. The number of nitrogens with one attached hydrogen (secondary N) is 1. The molecule has 0 aliphatic carbocycles. The van der Waals surface area contributed by atoms with Crippen molar-refractivity contribution < 1.29 is 0 Å². The number of nitrogens with zero attached hydrogens (tertiary/aromatic N) is 3. The van der Waals surface area contributed by atoms with E-state index >= 15 is 0 Å². The Morgan fingerprint density at radius 2 is 2.18 bits per heavy atom. The molecular formula is C13H24N4. The van der Waals surface area contributed by atoms with Gasteiger partial charge in [-0.15, -0.1) is 0 Å². The van der Waals surface area contributed by atoms with Crippen LogP contribution in [0.5, 0.6) is 0 Å². The summed E-state index contributed by atoms with van der Waals surface area (Å²) in [7, 11) is 2.05. The third-order valence-corrected chi connectivity index (χ3v) is 3.14. The third-order valence-electron chi connectivity index (χ3n) is 3.14. The van der Waals surface area contributed by atoms with Crippen molar-refractivity contribution in [1.29, 1.82) is 0 Å². The number of hydrogen-bond donors (Lipinski definition) is 1. The van der Waals surface area contributed by atoms with E-state index in [0.717, 1.165) is 32.5 Å². The average molecular weight is 236 g/mol. The summed E-state index contributed by atoms with van der Waals surface area (Å²) in [5, 5.41) is 8.17. The SMILES string of the molecule is CCCc1nn(C)c2c1NCCN2CC(C)C. The Morgan fingerprint density at radius 3 is 2.82 bits per heavy atom. The van der Waals surface area contributed by atoms with Crippen molar-refractivity contribution in [3.8, 4) is 0 Å². The number of aromatic nitrogens is 2. The molecule has 0 saturated heterocycles. The maximum absolute atomic E-state index is 4.65. The predicted octanol–water partition coefficient (Wildman–Crippen LogP) is 2.26. The maximum atomic E-state index is 4.65. The lowest BCUT2D eigenvalue weighted by atomic mass is 10.1. The molecule has 0 unspecified atom stereocenters. The average Bonchev–Trinajstić information content (AvgIpc) is 2.57. The van der Waals surface area contributed by atoms with E-state index in [1.165, 1.54) is 17.2 Å². The predicted molar refractivity (Wildman–Crippen MR) is 72.7 cm³/mol. The minimum Gasteiger partial charge on any atom is -0.379 e. The summed E-state index contributed by atoms with van der Waals surface area (Å²) in [5.74, 6) is 1.96. The quantitative estimate of drug-likeness (QED) is 0.870. The van der Waals surface area contributed by atoms with Crippen LogP contribution in [0.25, 0.3) is 0 Å². The molecule has 0 atom stereocenters. The number of fused-ring (bicyclic) bond motifs is 1. The summed E-state index contributed by atoms with van der Waals surface area (Å²) in [6, 6.07) is 0. The fourth-order valence-electron chi connectivity index (χ4n) is 2.57. The Bertz CT molecular complexity index is 381. The van der Waals surface area contributed by atoms with Gasteiger partial charge in [-0.25, -0.2) is 0 Å². The van der Waals surface area contributed by atoms with E-state index in [4.69, 9.17) is 0 Å². The molecule has 0 fully saturated rings. The first kappa shape index (κ1) is 12.3. The molecule has 1 N–H and O–H groups in total. The molecule has 96 valence electrons. The number of anilines is 2. The van der Waals surface area contributed by atoms with Crippen molar-refractivity contribution >= 4 is 11.5 Å². The molecule has 0 amide bonds. The molecule has 1 aliphatic rings. The summed E-state index contributed by atoms with van der Waals surface area (Å²) in [6.45, 7) is 9.96. The zero-order valence-electron chi connectivity index (χ0n) is 11.5. The van der Waals surface area contributed by atoms with Crippen LogP contribution in [0.1, 0.15) is 32.9 Å². The van der Waals surface area contributed by atoms with Gasteiger partial charge in [0, 0.05) is 26.7 Å². The summed E-state index contributed by atoms with van der Waals surface area (Å²) in [5.41, 5.74) is 2.49. The van der Waals surface area contributed by atoms with E-state index in [9.17, 15) is 0 Å². The molecule has 1 aromatic rings. The Balaban J connectivity index is 2.30. The second-order valence-electron chi connectivity index (χ2n) is 5.29.